The lowest BCUT2D eigenvalue weighted by molar-refractivity contribution is -0.146. The van der Waals surface area contributed by atoms with Gasteiger partial charge in [0.05, 0.1) is 6.61 Å². The van der Waals surface area contributed by atoms with Crippen LogP contribution in [0.1, 0.15) is 19.4 Å². The topological polar surface area (TPSA) is 97.0 Å². The second-order valence-corrected chi connectivity index (χ2v) is 8.32. The molecule has 2 aromatic rings. The molecule has 1 saturated heterocycles. The number of amides is 4. The Kier molecular flexibility index (Phi) is 7.64. The molecule has 0 aliphatic carbocycles. The molecule has 0 spiro atoms. The van der Waals surface area contributed by atoms with E-state index in [1.54, 1.807) is 26.0 Å². The van der Waals surface area contributed by atoms with Crippen molar-refractivity contribution in [1.82, 2.24) is 15.7 Å². The van der Waals surface area contributed by atoms with Crippen LogP contribution in [-0.4, -0.2) is 41.4 Å². The fourth-order valence-electron chi connectivity index (χ4n) is 3.18. The van der Waals surface area contributed by atoms with Gasteiger partial charge in [0, 0.05) is 4.47 Å². The number of nitrogens with zero attached hydrogens (tertiary/aromatic N) is 1. The van der Waals surface area contributed by atoms with Gasteiger partial charge in [0.1, 0.15) is 24.4 Å². The number of hydroxylamine groups is 1. The summed E-state index contributed by atoms with van der Waals surface area (Å²) in [4.78, 5) is 44.3. The molecule has 31 heavy (non-hydrogen) atoms. The van der Waals surface area contributed by atoms with Crippen molar-refractivity contribution in [2.24, 2.45) is 5.92 Å². The minimum atomic E-state index is -1.01. The predicted molar refractivity (Wildman–Crippen MR) is 117 cm³/mol. The van der Waals surface area contributed by atoms with E-state index in [1.807, 2.05) is 42.5 Å². The van der Waals surface area contributed by atoms with Crippen LogP contribution >= 0.6 is 15.9 Å². The lowest BCUT2D eigenvalue weighted by Crippen LogP contribution is -2.52. The number of carbonyl (C=O) groups is 3. The molecule has 0 unspecified atom stereocenters. The highest BCUT2D eigenvalue weighted by Crippen LogP contribution is 2.20. The molecular weight excluding hydrogens is 466 g/mol. The van der Waals surface area contributed by atoms with Crippen LogP contribution in [0.3, 0.4) is 0 Å². The van der Waals surface area contributed by atoms with Gasteiger partial charge in [0.15, 0.2) is 0 Å². The molecule has 2 aromatic carbocycles. The van der Waals surface area contributed by atoms with Crippen LogP contribution in [0.15, 0.2) is 59.1 Å². The number of hydrogen-bond donors (Lipinski definition) is 2. The molecule has 0 aromatic heterocycles. The number of hydrogen-bond acceptors (Lipinski definition) is 5. The Hall–Kier alpha value is -2.91. The van der Waals surface area contributed by atoms with Crippen molar-refractivity contribution in [3.05, 3.63) is 64.6 Å². The number of urea groups is 1. The quantitative estimate of drug-likeness (QED) is 0.416. The third-order valence-corrected chi connectivity index (χ3v) is 5.24. The van der Waals surface area contributed by atoms with E-state index in [9.17, 15) is 14.4 Å². The van der Waals surface area contributed by atoms with E-state index in [0.29, 0.717) is 5.75 Å². The summed E-state index contributed by atoms with van der Waals surface area (Å²) in [6, 6.07) is 13.9. The molecule has 0 saturated carbocycles. The van der Waals surface area contributed by atoms with Gasteiger partial charge < -0.3 is 10.1 Å². The van der Waals surface area contributed by atoms with E-state index in [0.717, 1.165) is 14.9 Å². The number of nitrogens with one attached hydrogen (secondary N) is 2. The van der Waals surface area contributed by atoms with Crippen LogP contribution in [0.5, 0.6) is 5.75 Å². The zero-order chi connectivity index (χ0) is 22.4. The average Bonchev–Trinajstić information content (AvgIpc) is 3.02. The Bertz CT molecular complexity index is 921. The molecule has 0 radical (unpaired) electrons. The smallest absolute Gasteiger partial charge is 0.325 e. The van der Waals surface area contributed by atoms with E-state index >= 15 is 0 Å². The van der Waals surface area contributed by atoms with Gasteiger partial charge in [-0.25, -0.2) is 15.2 Å². The number of rotatable bonds is 9. The highest BCUT2D eigenvalue weighted by Gasteiger charge is 2.46. The molecule has 2 atom stereocenters. The maximum atomic E-state index is 12.9. The van der Waals surface area contributed by atoms with E-state index in [1.165, 1.54) is 0 Å². The summed E-state index contributed by atoms with van der Waals surface area (Å²) in [5.74, 6) is -0.833. The van der Waals surface area contributed by atoms with Crippen LogP contribution in [0.2, 0.25) is 0 Å². The number of ether oxygens (including phenoxy) is 1. The summed E-state index contributed by atoms with van der Waals surface area (Å²) in [6.45, 7) is 3.64. The summed E-state index contributed by atoms with van der Waals surface area (Å²) >= 11 is 3.34. The fraction of sp³-hybridized carbons (Fsp3) is 0.318. The Labute approximate surface area is 189 Å². The van der Waals surface area contributed by atoms with Gasteiger partial charge in [-0.1, -0.05) is 60.1 Å². The number of halogens is 1. The molecule has 8 nitrogen and oxygen atoms in total. The zero-order valence-electron chi connectivity index (χ0n) is 17.2. The second kappa shape index (κ2) is 10.4. The van der Waals surface area contributed by atoms with Gasteiger partial charge in [0.2, 0.25) is 0 Å². The van der Waals surface area contributed by atoms with Gasteiger partial charge >= 0.3 is 6.03 Å². The molecule has 1 aliphatic heterocycles. The van der Waals surface area contributed by atoms with E-state index < -0.39 is 29.9 Å². The van der Waals surface area contributed by atoms with Crippen LogP contribution in [-0.2, 0) is 21.0 Å². The van der Waals surface area contributed by atoms with Gasteiger partial charge in [-0.3, -0.25) is 14.4 Å². The van der Waals surface area contributed by atoms with Crippen molar-refractivity contribution in [2.75, 3.05) is 6.61 Å². The normalized spacial score (nSPS) is 16.9. The van der Waals surface area contributed by atoms with Crippen molar-refractivity contribution in [2.45, 2.75) is 32.5 Å². The molecule has 2 N–H and O–H groups in total. The monoisotopic (exact) mass is 489 g/mol. The molecule has 9 heteroatoms. The van der Waals surface area contributed by atoms with Crippen LogP contribution < -0.4 is 15.5 Å². The van der Waals surface area contributed by atoms with Crippen LogP contribution in [0, 0.1) is 5.92 Å². The summed E-state index contributed by atoms with van der Waals surface area (Å²) in [5, 5.41) is 2.59. The second-order valence-electron chi connectivity index (χ2n) is 7.40. The maximum absolute atomic E-state index is 12.9. The van der Waals surface area contributed by atoms with Gasteiger partial charge in [-0.05, 0) is 35.7 Å². The first-order chi connectivity index (χ1) is 14.9. The number of benzene rings is 2. The minimum Gasteiger partial charge on any atom is -0.491 e. The van der Waals surface area contributed by atoms with Gasteiger partial charge in [0.25, 0.3) is 11.8 Å². The fourth-order valence-corrected chi connectivity index (χ4v) is 3.44. The molecule has 164 valence electrons. The molecule has 3 rings (SSSR count). The number of imide groups is 1. The van der Waals surface area contributed by atoms with Crippen molar-refractivity contribution in [3.8, 4) is 5.75 Å². The Morgan fingerprint density at radius 2 is 1.81 bits per heavy atom. The summed E-state index contributed by atoms with van der Waals surface area (Å²) in [6.07, 6.45) is 0. The van der Waals surface area contributed by atoms with E-state index in [2.05, 4.69) is 26.7 Å². The minimum absolute atomic E-state index is 0.0420. The molecular formula is C22H24BrN3O5. The summed E-state index contributed by atoms with van der Waals surface area (Å²) < 4.78 is 6.52. The van der Waals surface area contributed by atoms with Gasteiger partial charge in [-0.15, -0.1) is 0 Å². The standard InChI is InChI=1S/C22H24BrN3O5/c1-14(2)19(20(27)25-31-12-15-6-4-3-5-7-15)26-21(28)18(24-22(26)29)13-30-17-10-8-16(23)9-11-17/h3-11,14,18-19H,12-13H2,1-2H3,(H,24,29)(H,25,27)/t18-,19+/m0/s1. The Balaban J connectivity index is 1.60. The van der Waals surface area contributed by atoms with Crippen molar-refractivity contribution in [1.29, 1.82) is 0 Å². The molecule has 1 heterocycles. The summed E-state index contributed by atoms with van der Waals surface area (Å²) in [5.41, 5.74) is 3.24. The SMILES string of the molecule is CC(C)[C@H](C(=O)NOCc1ccccc1)N1C(=O)N[C@@H](COc2ccc(Br)cc2)C1=O. The largest absolute Gasteiger partial charge is 0.491 e. The predicted octanol–water partition coefficient (Wildman–Crippen LogP) is 3.02. The third-order valence-electron chi connectivity index (χ3n) is 4.72. The molecule has 1 fully saturated rings. The Morgan fingerprint density at radius 1 is 1.13 bits per heavy atom. The van der Waals surface area contributed by atoms with Crippen molar-refractivity contribution < 1.29 is 24.0 Å². The van der Waals surface area contributed by atoms with Crippen molar-refractivity contribution in [3.63, 3.8) is 0 Å². The highest BCUT2D eigenvalue weighted by molar-refractivity contribution is 9.10. The number of carbonyl (C=O) groups excluding carboxylic acids is 3. The van der Waals surface area contributed by atoms with Gasteiger partial charge in [-0.2, -0.15) is 0 Å². The van der Waals surface area contributed by atoms with Crippen LogP contribution in [0.4, 0.5) is 4.79 Å². The Morgan fingerprint density at radius 3 is 2.45 bits per heavy atom. The first-order valence-electron chi connectivity index (χ1n) is 9.84. The van der Waals surface area contributed by atoms with Crippen molar-refractivity contribution >= 4 is 33.8 Å². The molecule has 0 bridgehead atoms. The first-order valence-corrected chi connectivity index (χ1v) is 10.6. The molecule has 4 amide bonds. The van der Waals surface area contributed by atoms with E-state index in [4.69, 9.17) is 9.57 Å². The summed E-state index contributed by atoms with van der Waals surface area (Å²) in [7, 11) is 0. The maximum Gasteiger partial charge on any atom is 0.325 e. The lowest BCUT2D eigenvalue weighted by atomic mass is 10.0. The first kappa shape index (κ1) is 22.8. The lowest BCUT2D eigenvalue weighted by Gasteiger charge is -2.27. The zero-order valence-corrected chi connectivity index (χ0v) is 18.8. The van der Waals surface area contributed by atoms with Crippen LogP contribution in [0.25, 0.3) is 0 Å². The molecule has 1 aliphatic rings. The van der Waals surface area contributed by atoms with E-state index in [-0.39, 0.29) is 19.1 Å². The average molecular weight is 490 g/mol. The third kappa shape index (κ3) is 5.83. The highest BCUT2D eigenvalue weighted by atomic mass is 79.9.